The van der Waals surface area contributed by atoms with Gasteiger partial charge in [0.15, 0.2) is 5.96 Å². The first kappa shape index (κ1) is 20.9. The first-order valence-corrected chi connectivity index (χ1v) is 11.0. The summed E-state index contributed by atoms with van der Waals surface area (Å²) in [4.78, 5) is 11.8. The van der Waals surface area contributed by atoms with Crippen molar-refractivity contribution >= 4 is 11.8 Å². The molecule has 0 bridgehead atoms. The predicted molar refractivity (Wildman–Crippen MR) is 116 cm³/mol. The zero-order chi connectivity index (χ0) is 19.7. The molecule has 1 saturated carbocycles. The number of ether oxygens (including phenoxy) is 1. The molecular formula is C22H37N5O. The lowest BCUT2D eigenvalue weighted by atomic mass is 9.83. The molecule has 1 saturated heterocycles. The number of aromatic nitrogens is 1. The topological polar surface area (TPSA) is 61.8 Å². The van der Waals surface area contributed by atoms with Crippen LogP contribution in [0, 0.1) is 5.41 Å². The largest absolute Gasteiger partial charge is 0.385 e. The van der Waals surface area contributed by atoms with Gasteiger partial charge in [-0.25, -0.2) is 9.98 Å². The van der Waals surface area contributed by atoms with E-state index in [0.717, 1.165) is 51.0 Å². The van der Waals surface area contributed by atoms with Gasteiger partial charge in [-0.2, -0.15) is 0 Å². The van der Waals surface area contributed by atoms with E-state index in [1.54, 1.807) is 7.11 Å². The minimum Gasteiger partial charge on any atom is -0.385 e. The minimum absolute atomic E-state index is 0.353. The monoisotopic (exact) mass is 387 g/mol. The summed E-state index contributed by atoms with van der Waals surface area (Å²) in [5.74, 6) is 2.00. The van der Waals surface area contributed by atoms with Gasteiger partial charge in [0.1, 0.15) is 5.82 Å². The van der Waals surface area contributed by atoms with E-state index in [-0.39, 0.29) is 0 Å². The quantitative estimate of drug-likeness (QED) is 0.503. The lowest BCUT2D eigenvalue weighted by molar-refractivity contribution is 0.138. The summed E-state index contributed by atoms with van der Waals surface area (Å²) >= 11 is 0. The molecule has 1 aromatic heterocycles. The van der Waals surface area contributed by atoms with Gasteiger partial charge in [-0.3, -0.25) is 0 Å². The van der Waals surface area contributed by atoms with Crippen LogP contribution in [0.2, 0.25) is 0 Å². The summed E-state index contributed by atoms with van der Waals surface area (Å²) in [6, 6.07) is 4.26. The van der Waals surface area contributed by atoms with Gasteiger partial charge in [0.25, 0.3) is 0 Å². The SMILES string of the molecule is CCNC(=NCc1ccnc(N2CCCC2)c1)NCC1(CCOC)CCCC1. The molecule has 6 nitrogen and oxygen atoms in total. The number of aliphatic imine (C=N–C) groups is 1. The second kappa shape index (κ2) is 10.6. The van der Waals surface area contributed by atoms with Crippen LogP contribution in [0.4, 0.5) is 5.82 Å². The third-order valence-electron chi connectivity index (χ3n) is 6.14. The molecule has 0 aromatic carbocycles. The highest BCUT2D eigenvalue weighted by Crippen LogP contribution is 2.40. The molecule has 0 radical (unpaired) electrons. The standard InChI is InChI=1S/C22H37N5O/c1-3-23-21(26-18-22(11-15-28-2)9-4-5-10-22)25-17-19-8-12-24-20(16-19)27-13-6-7-14-27/h8,12,16H,3-7,9-11,13-15,17-18H2,1-2H3,(H2,23,25,26). The highest BCUT2D eigenvalue weighted by molar-refractivity contribution is 5.79. The molecule has 1 aliphatic carbocycles. The Morgan fingerprint density at radius 1 is 1.21 bits per heavy atom. The summed E-state index contributed by atoms with van der Waals surface area (Å²) in [7, 11) is 1.80. The molecule has 1 aliphatic heterocycles. The molecule has 2 N–H and O–H groups in total. The Morgan fingerprint density at radius 2 is 2.00 bits per heavy atom. The first-order valence-electron chi connectivity index (χ1n) is 11.0. The molecule has 6 heteroatoms. The van der Waals surface area contributed by atoms with E-state index in [0.29, 0.717) is 12.0 Å². The predicted octanol–water partition coefficient (Wildman–Crippen LogP) is 3.33. The highest BCUT2D eigenvalue weighted by Gasteiger charge is 2.33. The van der Waals surface area contributed by atoms with Crippen molar-refractivity contribution in [2.24, 2.45) is 10.4 Å². The molecule has 0 atom stereocenters. The fourth-order valence-electron chi connectivity index (χ4n) is 4.42. The fraction of sp³-hybridized carbons (Fsp3) is 0.727. The van der Waals surface area contributed by atoms with Crippen LogP contribution >= 0.6 is 0 Å². The van der Waals surface area contributed by atoms with Crippen LogP contribution in [0.1, 0.15) is 57.4 Å². The van der Waals surface area contributed by atoms with E-state index in [2.05, 4.69) is 39.6 Å². The number of hydrogen-bond acceptors (Lipinski definition) is 4. The van der Waals surface area contributed by atoms with Crippen LogP contribution in [0.3, 0.4) is 0 Å². The molecule has 0 amide bonds. The Hall–Kier alpha value is -1.82. The number of nitrogens with one attached hydrogen (secondary N) is 2. The number of pyridine rings is 1. The Balaban J connectivity index is 1.60. The van der Waals surface area contributed by atoms with Crippen molar-refractivity contribution in [3.8, 4) is 0 Å². The Bertz CT molecular complexity index is 621. The van der Waals surface area contributed by atoms with Crippen molar-refractivity contribution in [1.82, 2.24) is 15.6 Å². The second-order valence-electron chi connectivity index (χ2n) is 8.22. The molecule has 28 heavy (non-hydrogen) atoms. The molecule has 156 valence electrons. The van der Waals surface area contributed by atoms with E-state index in [4.69, 9.17) is 9.73 Å². The van der Waals surface area contributed by atoms with Crippen molar-refractivity contribution in [1.29, 1.82) is 0 Å². The minimum atomic E-state index is 0.353. The van der Waals surface area contributed by atoms with E-state index in [9.17, 15) is 0 Å². The van der Waals surface area contributed by atoms with Gasteiger partial charge in [-0.05, 0) is 62.1 Å². The maximum absolute atomic E-state index is 5.36. The van der Waals surface area contributed by atoms with Crippen molar-refractivity contribution in [2.75, 3.05) is 44.8 Å². The fourth-order valence-corrected chi connectivity index (χ4v) is 4.42. The average molecular weight is 388 g/mol. The molecular weight excluding hydrogens is 350 g/mol. The van der Waals surface area contributed by atoms with Gasteiger partial charge in [0.2, 0.25) is 0 Å². The van der Waals surface area contributed by atoms with Crippen LogP contribution < -0.4 is 15.5 Å². The van der Waals surface area contributed by atoms with Crippen LogP contribution in [0.15, 0.2) is 23.3 Å². The Morgan fingerprint density at radius 3 is 2.71 bits per heavy atom. The number of methoxy groups -OCH3 is 1. The maximum atomic E-state index is 5.36. The summed E-state index contributed by atoms with van der Waals surface area (Å²) in [5, 5.41) is 7.01. The number of nitrogens with zero attached hydrogens (tertiary/aromatic N) is 3. The van der Waals surface area contributed by atoms with E-state index in [1.807, 2.05) is 6.20 Å². The van der Waals surface area contributed by atoms with Gasteiger partial charge in [0, 0.05) is 46.1 Å². The third-order valence-corrected chi connectivity index (χ3v) is 6.14. The van der Waals surface area contributed by atoms with Crippen LogP contribution in [0.5, 0.6) is 0 Å². The van der Waals surface area contributed by atoms with Gasteiger partial charge in [0.05, 0.1) is 6.54 Å². The zero-order valence-electron chi connectivity index (χ0n) is 17.7. The summed E-state index contributed by atoms with van der Waals surface area (Å²) < 4.78 is 5.36. The first-order chi connectivity index (χ1) is 13.7. The highest BCUT2D eigenvalue weighted by atomic mass is 16.5. The second-order valence-corrected chi connectivity index (χ2v) is 8.22. The van der Waals surface area contributed by atoms with Gasteiger partial charge in [-0.15, -0.1) is 0 Å². The molecule has 3 rings (SSSR count). The average Bonchev–Trinajstić information content (AvgIpc) is 3.42. The van der Waals surface area contributed by atoms with Gasteiger partial charge < -0.3 is 20.3 Å². The molecule has 2 fully saturated rings. The van der Waals surface area contributed by atoms with Crippen molar-refractivity contribution < 1.29 is 4.74 Å². The summed E-state index contributed by atoms with van der Waals surface area (Å²) in [6.07, 6.45) is 10.8. The number of rotatable bonds is 9. The van der Waals surface area contributed by atoms with Crippen molar-refractivity contribution in [3.63, 3.8) is 0 Å². The Labute approximate surface area is 170 Å². The van der Waals surface area contributed by atoms with E-state index < -0.39 is 0 Å². The van der Waals surface area contributed by atoms with Crippen LogP contribution in [-0.4, -0.2) is 50.8 Å². The smallest absolute Gasteiger partial charge is 0.191 e. The lowest BCUT2D eigenvalue weighted by Crippen LogP contribution is -2.43. The number of guanidine groups is 1. The van der Waals surface area contributed by atoms with E-state index in [1.165, 1.54) is 44.1 Å². The van der Waals surface area contributed by atoms with Crippen LogP contribution in [0.25, 0.3) is 0 Å². The van der Waals surface area contributed by atoms with E-state index >= 15 is 0 Å². The summed E-state index contributed by atoms with van der Waals surface area (Å²) in [5.41, 5.74) is 1.57. The van der Waals surface area contributed by atoms with Crippen molar-refractivity contribution in [3.05, 3.63) is 23.9 Å². The number of anilines is 1. The third kappa shape index (κ3) is 5.84. The molecule has 1 aromatic rings. The zero-order valence-corrected chi connectivity index (χ0v) is 17.7. The molecule has 2 heterocycles. The maximum Gasteiger partial charge on any atom is 0.191 e. The van der Waals surface area contributed by atoms with Gasteiger partial charge in [-0.1, -0.05) is 12.8 Å². The van der Waals surface area contributed by atoms with Crippen molar-refractivity contribution in [2.45, 2.75) is 58.4 Å². The molecule has 0 unspecified atom stereocenters. The normalized spacial score (nSPS) is 19.2. The summed E-state index contributed by atoms with van der Waals surface area (Å²) in [6.45, 7) is 7.70. The number of hydrogen-bond donors (Lipinski definition) is 2. The molecule has 0 spiro atoms. The Kier molecular flexibility index (Phi) is 7.95. The van der Waals surface area contributed by atoms with Crippen LogP contribution in [-0.2, 0) is 11.3 Å². The van der Waals surface area contributed by atoms with Gasteiger partial charge >= 0.3 is 0 Å². The molecule has 2 aliphatic rings. The lowest BCUT2D eigenvalue weighted by Gasteiger charge is -2.30.